The standard InChI is InChI=1S/C10H6F3N3O3/c11-10(12,13)5-2-1-3-6(4-5)16-9(19)14-7(15-16)8(17)18/h1-4H,(H,17,18)(H,14,15,19). The molecule has 2 aromatic rings. The van der Waals surface area contributed by atoms with Gasteiger partial charge in [0.2, 0.25) is 5.82 Å². The first kappa shape index (κ1) is 12.9. The summed E-state index contributed by atoms with van der Waals surface area (Å²) in [5, 5.41) is 12.0. The highest BCUT2D eigenvalue weighted by Crippen LogP contribution is 2.29. The quantitative estimate of drug-likeness (QED) is 0.862. The van der Waals surface area contributed by atoms with Gasteiger partial charge in [-0.05, 0) is 18.2 Å². The van der Waals surface area contributed by atoms with Crippen LogP contribution in [0.1, 0.15) is 16.2 Å². The Morgan fingerprint density at radius 2 is 2.05 bits per heavy atom. The molecule has 0 spiro atoms. The number of hydrogen-bond donors (Lipinski definition) is 2. The van der Waals surface area contributed by atoms with Crippen molar-refractivity contribution in [3.8, 4) is 5.69 Å². The number of nitrogens with one attached hydrogen (secondary N) is 1. The van der Waals surface area contributed by atoms with Crippen molar-refractivity contribution in [2.24, 2.45) is 0 Å². The van der Waals surface area contributed by atoms with Crippen LogP contribution in [-0.2, 0) is 6.18 Å². The Balaban J connectivity index is 2.54. The van der Waals surface area contributed by atoms with Gasteiger partial charge in [-0.2, -0.15) is 17.9 Å². The first-order valence-electron chi connectivity index (χ1n) is 4.89. The SMILES string of the molecule is O=C(O)c1nn(-c2cccc(C(F)(F)F)c2)c(=O)[nH]1. The molecule has 0 fully saturated rings. The average molecular weight is 273 g/mol. The van der Waals surface area contributed by atoms with Crippen molar-refractivity contribution in [3.05, 3.63) is 46.1 Å². The van der Waals surface area contributed by atoms with Crippen LogP contribution >= 0.6 is 0 Å². The molecule has 0 bridgehead atoms. The van der Waals surface area contributed by atoms with Crippen LogP contribution in [0, 0.1) is 0 Å². The molecule has 0 saturated carbocycles. The number of aromatic amines is 1. The number of alkyl halides is 3. The van der Waals surface area contributed by atoms with Crippen molar-refractivity contribution in [3.63, 3.8) is 0 Å². The minimum Gasteiger partial charge on any atom is -0.475 e. The van der Waals surface area contributed by atoms with E-state index in [2.05, 4.69) is 5.10 Å². The summed E-state index contributed by atoms with van der Waals surface area (Å²) < 4.78 is 38.1. The lowest BCUT2D eigenvalue weighted by Crippen LogP contribution is -2.16. The maximum Gasteiger partial charge on any atom is 0.416 e. The van der Waals surface area contributed by atoms with Gasteiger partial charge in [0.15, 0.2) is 0 Å². The number of carbonyl (C=O) groups is 1. The molecular weight excluding hydrogens is 267 g/mol. The normalized spacial score (nSPS) is 11.5. The summed E-state index contributed by atoms with van der Waals surface area (Å²) in [7, 11) is 0. The number of aromatic nitrogens is 3. The van der Waals surface area contributed by atoms with Gasteiger partial charge < -0.3 is 5.11 Å². The first-order chi connectivity index (χ1) is 8.79. The van der Waals surface area contributed by atoms with Crippen LogP contribution < -0.4 is 5.69 Å². The lowest BCUT2D eigenvalue weighted by molar-refractivity contribution is -0.137. The predicted octanol–water partition coefficient (Wildman–Crippen LogP) is 1.28. The minimum absolute atomic E-state index is 0.177. The summed E-state index contributed by atoms with van der Waals surface area (Å²) in [6.45, 7) is 0. The second-order valence-corrected chi connectivity index (χ2v) is 3.54. The van der Waals surface area contributed by atoms with Crippen molar-refractivity contribution in [2.75, 3.05) is 0 Å². The molecule has 6 nitrogen and oxygen atoms in total. The number of carboxylic acids is 1. The van der Waals surface area contributed by atoms with Crippen LogP contribution in [0.5, 0.6) is 0 Å². The van der Waals surface area contributed by atoms with Crippen molar-refractivity contribution in [1.29, 1.82) is 0 Å². The van der Waals surface area contributed by atoms with Crippen molar-refractivity contribution in [1.82, 2.24) is 14.8 Å². The molecule has 0 aliphatic heterocycles. The smallest absolute Gasteiger partial charge is 0.416 e. The summed E-state index contributed by atoms with van der Waals surface area (Å²) in [6.07, 6.45) is -4.56. The van der Waals surface area contributed by atoms with Gasteiger partial charge in [0.1, 0.15) is 0 Å². The van der Waals surface area contributed by atoms with Crippen molar-refractivity contribution in [2.45, 2.75) is 6.18 Å². The summed E-state index contributed by atoms with van der Waals surface area (Å²) in [4.78, 5) is 23.9. The van der Waals surface area contributed by atoms with E-state index in [0.717, 1.165) is 12.1 Å². The molecule has 1 aromatic carbocycles. The average Bonchev–Trinajstić information content (AvgIpc) is 2.71. The van der Waals surface area contributed by atoms with Gasteiger partial charge in [0.25, 0.3) is 0 Å². The number of halogens is 3. The fourth-order valence-electron chi connectivity index (χ4n) is 1.41. The molecule has 0 saturated heterocycles. The second-order valence-electron chi connectivity index (χ2n) is 3.54. The van der Waals surface area contributed by atoms with Gasteiger partial charge in [-0.15, -0.1) is 5.10 Å². The minimum atomic E-state index is -4.56. The molecule has 9 heteroatoms. The van der Waals surface area contributed by atoms with Gasteiger partial charge in [-0.25, -0.2) is 9.59 Å². The Morgan fingerprint density at radius 3 is 2.58 bits per heavy atom. The van der Waals surface area contributed by atoms with Crippen LogP contribution in [0.4, 0.5) is 13.2 Å². The summed E-state index contributed by atoms with van der Waals surface area (Å²) >= 11 is 0. The van der Waals surface area contributed by atoms with E-state index in [1.54, 1.807) is 0 Å². The van der Waals surface area contributed by atoms with E-state index in [9.17, 15) is 22.8 Å². The van der Waals surface area contributed by atoms with Gasteiger partial charge in [-0.1, -0.05) is 6.07 Å². The number of hydrogen-bond acceptors (Lipinski definition) is 3. The molecule has 2 rings (SSSR count). The van der Waals surface area contributed by atoms with Gasteiger partial charge in [0, 0.05) is 0 Å². The highest BCUT2D eigenvalue weighted by atomic mass is 19.4. The van der Waals surface area contributed by atoms with E-state index < -0.39 is 29.2 Å². The monoisotopic (exact) mass is 273 g/mol. The molecule has 0 aliphatic carbocycles. The van der Waals surface area contributed by atoms with E-state index in [4.69, 9.17) is 5.11 Å². The van der Waals surface area contributed by atoms with Crippen LogP contribution in [0.15, 0.2) is 29.1 Å². The largest absolute Gasteiger partial charge is 0.475 e. The Bertz CT molecular complexity index is 687. The van der Waals surface area contributed by atoms with E-state index in [-0.39, 0.29) is 5.69 Å². The van der Waals surface area contributed by atoms with Gasteiger partial charge in [-0.3, -0.25) is 4.98 Å². The summed E-state index contributed by atoms with van der Waals surface area (Å²) in [5.41, 5.74) is -2.07. The van der Waals surface area contributed by atoms with Crippen LogP contribution in [0.2, 0.25) is 0 Å². The van der Waals surface area contributed by atoms with Crippen molar-refractivity contribution >= 4 is 5.97 Å². The molecule has 1 heterocycles. The zero-order chi connectivity index (χ0) is 14.2. The zero-order valence-corrected chi connectivity index (χ0v) is 9.10. The van der Waals surface area contributed by atoms with E-state index >= 15 is 0 Å². The molecule has 0 radical (unpaired) electrons. The van der Waals surface area contributed by atoms with E-state index in [1.165, 1.54) is 6.07 Å². The number of benzene rings is 1. The maximum absolute atomic E-state index is 12.5. The van der Waals surface area contributed by atoms with Gasteiger partial charge in [0.05, 0.1) is 11.3 Å². The molecule has 0 unspecified atom stereocenters. The maximum atomic E-state index is 12.5. The molecule has 0 aliphatic rings. The topological polar surface area (TPSA) is 88.0 Å². The lowest BCUT2D eigenvalue weighted by atomic mass is 10.2. The fraction of sp³-hybridized carbons (Fsp3) is 0.100. The Kier molecular flexibility index (Phi) is 2.89. The van der Waals surface area contributed by atoms with E-state index in [1.807, 2.05) is 4.98 Å². The third-order valence-electron chi connectivity index (χ3n) is 2.24. The highest BCUT2D eigenvalue weighted by molar-refractivity contribution is 5.82. The van der Waals surface area contributed by atoms with Crippen LogP contribution in [-0.4, -0.2) is 25.8 Å². The predicted molar refractivity (Wildman–Crippen MR) is 56.1 cm³/mol. The number of rotatable bonds is 2. The lowest BCUT2D eigenvalue weighted by Gasteiger charge is -2.07. The zero-order valence-electron chi connectivity index (χ0n) is 9.10. The second kappa shape index (κ2) is 4.26. The van der Waals surface area contributed by atoms with Crippen molar-refractivity contribution < 1.29 is 23.1 Å². The number of carboxylic acid groups (broad SMARTS) is 1. The molecule has 2 N–H and O–H groups in total. The molecule has 19 heavy (non-hydrogen) atoms. The summed E-state index contributed by atoms with van der Waals surface area (Å²) in [6, 6.07) is 3.84. The summed E-state index contributed by atoms with van der Waals surface area (Å²) in [5.74, 6) is -2.13. The molecular formula is C10H6F3N3O3. The van der Waals surface area contributed by atoms with Gasteiger partial charge >= 0.3 is 17.8 Å². The Hall–Kier alpha value is -2.58. The Morgan fingerprint density at radius 1 is 1.37 bits per heavy atom. The van der Waals surface area contributed by atoms with Crippen LogP contribution in [0.25, 0.3) is 5.69 Å². The third-order valence-corrected chi connectivity index (χ3v) is 2.24. The Labute approximate surface area is 103 Å². The fourth-order valence-corrected chi connectivity index (χ4v) is 1.41. The third kappa shape index (κ3) is 2.49. The molecule has 0 atom stereocenters. The van der Waals surface area contributed by atoms with E-state index in [0.29, 0.717) is 10.7 Å². The molecule has 1 aromatic heterocycles. The number of nitrogens with zero attached hydrogens (tertiary/aromatic N) is 2. The highest BCUT2D eigenvalue weighted by Gasteiger charge is 2.30. The number of H-pyrrole nitrogens is 1. The molecule has 0 amide bonds. The van der Waals surface area contributed by atoms with Crippen LogP contribution in [0.3, 0.4) is 0 Å². The number of aromatic carboxylic acids is 1. The molecule has 100 valence electrons. The first-order valence-corrected chi connectivity index (χ1v) is 4.89.